The fourth-order valence-electron chi connectivity index (χ4n) is 2.42. The van der Waals surface area contributed by atoms with Crippen LogP contribution in [0.2, 0.25) is 5.02 Å². The highest BCUT2D eigenvalue weighted by atomic mass is 35.5. The van der Waals surface area contributed by atoms with Crippen LogP contribution in [0.5, 0.6) is 0 Å². The van der Waals surface area contributed by atoms with Gasteiger partial charge in [-0.3, -0.25) is 0 Å². The largest absolute Gasteiger partial charge is 0.465 e. The van der Waals surface area contributed by atoms with E-state index in [2.05, 4.69) is 6.58 Å². The Kier molecular flexibility index (Phi) is 3.53. The lowest BCUT2D eigenvalue weighted by molar-refractivity contribution is 0.0599. The first kappa shape index (κ1) is 12.2. The van der Waals surface area contributed by atoms with Crippen molar-refractivity contribution in [3.8, 4) is 0 Å². The normalized spacial score (nSPS) is 14.0. The summed E-state index contributed by atoms with van der Waals surface area (Å²) in [5.41, 5.74) is 3.55. The molecule has 0 fully saturated rings. The van der Waals surface area contributed by atoms with E-state index < -0.39 is 0 Å². The average molecular weight is 251 g/mol. The van der Waals surface area contributed by atoms with Crippen LogP contribution >= 0.6 is 11.6 Å². The first-order chi connectivity index (χ1) is 8.19. The van der Waals surface area contributed by atoms with Gasteiger partial charge >= 0.3 is 5.97 Å². The molecule has 0 radical (unpaired) electrons. The summed E-state index contributed by atoms with van der Waals surface area (Å²) in [7, 11) is 1.39. The molecule has 0 N–H and O–H groups in total. The molecule has 1 aromatic carbocycles. The number of methoxy groups -OCH3 is 1. The molecular weight excluding hydrogens is 236 g/mol. The third-order valence-electron chi connectivity index (χ3n) is 3.23. The van der Waals surface area contributed by atoms with Gasteiger partial charge in [0.25, 0.3) is 0 Å². The molecule has 0 amide bonds. The zero-order chi connectivity index (χ0) is 12.4. The van der Waals surface area contributed by atoms with Crippen molar-refractivity contribution in [3.63, 3.8) is 0 Å². The SMILES string of the molecule is C=Cc1c(Cl)cc2c(c1C(=O)OC)CCCC2. The molecule has 0 aliphatic heterocycles. The van der Waals surface area contributed by atoms with Crippen LogP contribution in [0, 0.1) is 0 Å². The standard InChI is InChI=1S/C14H15ClO2/c1-3-10-12(15)8-9-6-4-5-7-11(9)13(10)14(16)17-2/h3,8H,1,4-7H2,2H3. The summed E-state index contributed by atoms with van der Waals surface area (Å²) in [5.74, 6) is -0.319. The number of benzene rings is 1. The molecule has 0 heterocycles. The van der Waals surface area contributed by atoms with Crippen LogP contribution in [0.15, 0.2) is 12.6 Å². The van der Waals surface area contributed by atoms with E-state index in [1.807, 2.05) is 6.07 Å². The van der Waals surface area contributed by atoms with Crippen molar-refractivity contribution in [2.24, 2.45) is 0 Å². The number of fused-ring (bicyclic) bond motifs is 1. The van der Waals surface area contributed by atoms with Crippen molar-refractivity contribution in [1.82, 2.24) is 0 Å². The Hall–Kier alpha value is -1.28. The highest BCUT2D eigenvalue weighted by molar-refractivity contribution is 6.32. The summed E-state index contributed by atoms with van der Waals surface area (Å²) in [6, 6.07) is 1.96. The molecule has 2 rings (SSSR count). The second kappa shape index (κ2) is 4.92. The van der Waals surface area contributed by atoms with Gasteiger partial charge in [0.1, 0.15) is 0 Å². The fraction of sp³-hybridized carbons (Fsp3) is 0.357. The monoisotopic (exact) mass is 250 g/mol. The minimum atomic E-state index is -0.319. The number of hydrogen-bond acceptors (Lipinski definition) is 2. The van der Waals surface area contributed by atoms with Gasteiger partial charge in [0.15, 0.2) is 0 Å². The average Bonchev–Trinajstić information content (AvgIpc) is 2.36. The molecule has 3 heteroatoms. The smallest absolute Gasteiger partial charge is 0.338 e. The van der Waals surface area contributed by atoms with Crippen LogP contribution < -0.4 is 0 Å². The molecular formula is C14H15ClO2. The van der Waals surface area contributed by atoms with Gasteiger partial charge in [-0.15, -0.1) is 0 Å². The minimum absolute atomic E-state index is 0.319. The number of hydrogen-bond donors (Lipinski definition) is 0. The van der Waals surface area contributed by atoms with Crippen LogP contribution in [0.4, 0.5) is 0 Å². The summed E-state index contributed by atoms with van der Waals surface area (Å²) >= 11 is 6.19. The molecule has 0 aromatic heterocycles. The third kappa shape index (κ3) is 2.09. The number of carbonyl (C=O) groups is 1. The number of rotatable bonds is 2. The number of esters is 1. The van der Waals surface area contributed by atoms with Gasteiger partial charge in [-0.05, 0) is 42.9 Å². The topological polar surface area (TPSA) is 26.3 Å². The van der Waals surface area contributed by atoms with Gasteiger partial charge in [0.05, 0.1) is 12.7 Å². The van der Waals surface area contributed by atoms with Crippen molar-refractivity contribution in [1.29, 1.82) is 0 Å². The third-order valence-corrected chi connectivity index (χ3v) is 3.55. The molecule has 0 saturated carbocycles. The van der Waals surface area contributed by atoms with Gasteiger partial charge in [0.2, 0.25) is 0 Å². The van der Waals surface area contributed by atoms with Crippen LogP contribution in [0.25, 0.3) is 6.08 Å². The first-order valence-electron chi connectivity index (χ1n) is 5.74. The zero-order valence-electron chi connectivity index (χ0n) is 9.88. The summed E-state index contributed by atoms with van der Waals surface area (Å²) in [5, 5.41) is 0.584. The summed E-state index contributed by atoms with van der Waals surface area (Å²) < 4.78 is 4.85. The summed E-state index contributed by atoms with van der Waals surface area (Å²) in [6.45, 7) is 3.73. The lowest BCUT2D eigenvalue weighted by Crippen LogP contribution is -2.14. The van der Waals surface area contributed by atoms with E-state index in [9.17, 15) is 4.79 Å². The highest BCUT2D eigenvalue weighted by Crippen LogP contribution is 2.33. The number of halogens is 1. The van der Waals surface area contributed by atoms with E-state index in [1.54, 1.807) is 6.08 Å². The van der Waals surface area contributed by atoms with E-state index in [4.69, 9.17) is 16.3 Å². The predicted octanol–water partition coefficient (Wildman–Crippen LogP) is 3.65. The van der Waals surface area contributed by atoms with Gasteiger partial charge in [0, 0.05) is 10.6 Å². The summed E-state index contributed by atoms with van der Waals surface area (Å²) in [6.07, 6.45) is 5.78. The fourth-order valence-corrected chi connectivity index (χ4v) is 2.72. The molecule has 1 aliphatic carbocycles. The first-order valence-corrected chi connectivity index (χ1v) is 6.11. The van der Waals surface area contributed by atoms with Crippen molar-refractivity contribution < 1.29 is 9.53 Å². The highest BCUT2D eigenvalue weighted by Gasteiger charge is 2.23. The van der Waals surface area contributed by atoms with Gasteiger partial charge in [-0.1, -0.05) is 24.3 Å². The van der Waals surface area contributed by atoms with E-state index in [-0.39, 0.29) is 5.97 Å². The van der Waals surface area contributed by atoms with Crippen LogP contribution in [0.3, 0.4) is 0 Å². The molecule has 2 nitrogen and oxygen atoms in total. The molecule has 17 heavy (non-hydrogen) atoms. The van der Waals surface area contributed by atoms with Crippen LogP contribution in [0.1, 0.15) is 39.9 Å². The lowest BCUT2D eigenvalue weighted by atomic mass is 9.86. The van der Waals surface area contributed by atoms with Crippen molar-refractivity contribution >= 4 is 23.6 Å². The maximum atomic E-state index is 11.9. The van der Waals surface area contributed by atoms with E-state index in [0.717, 1.165) is 31.2 Å². The maximum Gasteiger partial charge on any atom is 0.338 e. The predicted molar refractivity (Wildman–Crippen MR) is 69.5 cm³/mol. The maximum absolute atomic E-state index is 11.9. The van der Waals surface area contributed by atoms with Crippen molar-refractivity contribution in [2.45, 2.75) is 25.7 Å². The molecule has 0 saturated heterocycles. The summed E-state index contributed by atoms with van der Waals surface area (Å²) in [4.78, 5) is 11.9. The van der Waals surface area contributed by atoms with Gasteiger partial charge in [-0.2, -0.15) is 0 Å². The lowest BCUT2D eigenvalue weighted by Gasteiger charge is -2.21. The zero-order valence-corrected chi connectivity index (χ0v) is 10.6. The van der Waals surface area contributed by atoms with Gasteiger partial charge < -0.3 is 4.74 Å². The molecule has 1 aromatic rings. The van der Waals surface area contributed by atoms with Gasteiger partial charge in [-0.25, -0.2) is 4.79 Å². The Morgan fingerprint density at radius 2 is 2.18 bits per heavy atom. The molecule has 1 aliphatic rings. The second-order valence-electron chi connectivity index (χ2n) is 4.19. The minimum Gasteiger partial charge on any atom is -0.465 e. The number of carbonyl (C=O) groups excluding carboxylic acids is 1. The number of ether oxygens (including phenoxy) is 1. The van der Waals surface area contributed by atoms with E-state index in [1.165, 1.54) is 12.7 Å². The molecule has 90 valence electrons. The molecule has 0 unspecified atom stereocenters. The molecule has 0 spiro atoms. The van der Waals surface area contributed by atoms with E-state index in [0.29, 0.717) is 16.1 Å². The second-order valence-corrected chi connectivity index (χ2v) is 4.59. The Morgan fingerprint density at radius 3 is 2.82 bits per heavy atom. The van der Waals surface area contributed by atoms with Crippen molar-refractivity contribution in [2.75, 3.05) is 7.11 Å². The molecule has 0 bridgehead atoms. The van der Waals surface area contributed by atoms with E-state index >= 15 is 0 Å². The number of aryl methyl sites for hydroxylation is 1. The Labute approximate surface area is 106 Å². The quantitative estimate of drug-likeness (QED) is 0.749. The Morgan fingerprint density at radius 1 is 1.47 bits per heavy atom. The Bertz CT molecular complexity index is 478. The Balaban J connectivity index is 2.69. The van der Waals surface area contributed by atoms with Crippen molar-refractivity contribution in [3.05, 3.63) is 39.9 Å². The van der Waals surface area contributed by atoms with Crippen LogP contribution in [-0.2, 0) is 17.6 Å². The molecule has 0 atom stereocenters. The van der Waals surface area contributed by atoms with Crippen LogP contribution in [-0.4, -0.2) is 13.1 Å².